The number of hydrogen-bond donors (Lipinski definition) is 2. The molecule has 1 heterocycles. The van der Waals surface area contributed by atoms with Crippen molar-refractivity contribution in [1.29, 1.82) is 0 Å². The summed E-state index contributed by atoms with van der Waals surface area (Å²) in [6.07, 6.45) is 3.27. The van der Waals surface area contributed by atoms with Crippen LogP contribution in [0.5, 0.6) is 0 Å². The van der Waals surface area contributed by atoms with Gasteiger partial charge in [0, 0.05) is 11.9 Å². The van der Waals surface area contributed by atoms with Crippen LogP contribution in [-0.2, 0) is 11.3 Å². The number of nitrogens with two attached hydrogens (primary N) is 1. The largest absolute Gasteiger partial charge is 0.396 e. The number of benzene rings is 1. The van der Waals surface area contributed by atoms with Crippen LogP contribution in [0.25, 0.3) is 0 Å². The first-order valence-electron chi connectivity index (χ1n) is 5.07. The number of carbonyl (C=O) groups is 1. The smallest absolute Gasteiger partial charge is 0.246 e. The molecule has 94 valence electrons. The molecule has 0 aliphatic rings. The van der Waals surface area contributed by atoms with Crippen LogP contribution in [0.3, 0.4) is 0 Å². The maximum Gasteiger partial charge on any atom is 0.246 e. The Morgan fingerprint density at radius 2 is 2.33 bits per heavy atom. The van der Waals surface area contributed by atoms with Gasteiger partial charge in [0.1, 0.15) is 12.4 Å². The van der Waals surface area contributed by atoms with Gasteiger partial charge in [-0.1, -0.05) is 0 Å². The van der Waals surface area contributed by atoms with E-state index >= 15 is 0 Å². The SMILES string of the molecule is Nc1cc(NC(=O)Cn2cc(Br)cn2)ccc1F. The number of halogens is 2. The molecule has 0 fully saturated rings. The molecule has 0 radical (unpaired) electrons. The lowest BCUT2D eigenvalue weighted by molar-refractivity contribution is -0.116. The van der Waals surface area contributed by atoms with Crippen LogP contribution in [0.1, 0.15) is 0 Å². The summed E-state index contributed by atoms with van der Waals surface area (Å²) in [4.78, 5) is 11.7. The number of nitrogens with zero attached hydrogens (tertiary/aromatic N) is 2. The molecule has 1 aromatic carbocycles. The van der Waals surface area contributed by atoms with E-state index in [1.54, 1.807) is 12.4 Å². The van der Waals surface area contributed by atoms with E-state index in [2.05, 4.69) is 26.3 Å². The highest BCUT2D eigenvalue weighted by Crippen LogP contribution is 2.16. The van der Waals surface area contributed by atoms with Crippen molar-refractivity contribution in [1.82, 2.24) is 9.78 Å². The van der Waals surface area contributed by atoms with Crippen LogP contribution >= 0.6 is 15.9 Å². The third kappa shape index (κ3) is 3.07. The molecule has 2 aromatic rings. The van der Waals surface area contributed by atoms with Crippen molar-refractivity contribution in [3.63, 3.8) is 0 Å². The topological polar surface area (TPSA) is 72.9 Å². The Hall–Kier alpha value is -1.89. The van der Waals surface area contributed by atoms with Crippen molar-refractivity contribution >= 4 is 33.2 Å². The molecule has 0 spiro atoms. The Bertz CT molecular complexity index is 584. The minimum Gasteiger partial charge on any atom is -0.396 e. The van der Waals surface area contributed by atoms with Gasteiger partial charge in [0.25, 0.3) is 0 Å². The lowest BCUT2D eigenvalue weighted by Gasteiger charge is -2.06. The summed E-state index contributed by atoms with van der Waals surface area (Å²) in [7, 11) is 0. The Kier molecular flexibility index (Phi) is 3.61. The molecule has 0 bridgehead atoms. The van der Waals surface area contributed by atoms with Gasteiger partial charge in [0.15, 0.2) is 0 Å². The molecule has 1 aromatic heterocycles. The van der Waals surface area contributed by atoms with Gasteiger partial charge < -0.3 is 11.1 Å². The highest BCUT2D eigenvalue weighted by Gasteiger charge is 2.06. The number of anilines is 2. The molecule has 18 heavy (non-hydrogen) atoms. The summed E-state index contributed by atoms with van der Waals surface area (Å²) in [6, 6.07) is 4.02. The van der Waals surface area contributed by atoms with E-state index in [9.17, 15) is 9.18 Å². The zero-order valence-corrected chi connectivity index (χ0v) is 10.8. The second-order valence-corrected chi connectivity index (χ2v) is 4.56. The Balaban J connectivity index is 2.00. The second-order valence-electron chi connectivity index (χ2n) is 3.64. The van der Waals surface area contributed by atoms with E-state index in [1.807, 2.05) is 0 Å². The Morgan fingerprint density at radius 1 is 1.56 bits per heavy atom. The molecular formula is C11H10BrFN4O. The fourth-order valence-electron chi connectivity index (χ4n) is 1.39. The van der Waals surface area contributed by atoms with Crippen LogP contribution in [0, 0.1) is 5.82 Å². The summed E-state index contributed by atoms with van der Waals surface area (Å²) in [5.74, 6) is -0.777. The van der Waals surface area contributed by atoms with Crippen LogP contribution in [0.4, 0.5) is 15.8 Å². The van der Waals surface area contributed by atoms with Crippen molar-refractivity contribution in [2.45, 2.75) is 6.54 Å². The predicted molar refractivity (Wildman–Crippen MR) is 69.4 cm³/mol. The normalized spacial score (nSPS) is 10.3. The minimum atomic E-state index is -0.510. The molecular weight excluding hydrogens is 303 g/mol. The van der Waals surface area contributed by atoms with Crippen LogP contribution in [0.15, 0.2) is 35.1 Å². The fourth-order valence-corrected chi connectivity index (χ4v) is 1.72. The van der Waals surface area contributed by atoms with Crippen LogP contribution in [0.2, 0.25) is 0 Å². The maximum atomic E-state index is 12.9. The quantitative estimate of drug-likeness (QED) is 0.851. The van der Waals surface area contributed by atoms with Crippen molar-refractivity contribution in [3.05, 3.63) is 40.9 Å². The molecule has 3 N–H and O–H groups in total. The van der Waals surface area contributed by atoms with E-state index in [1.165, 1.54) is 22.9 Å². The van der Waals surface area contributed by atoms with Gasteiger partial charge in [-0.05, 0) is 34.1 Å². The van der Waals surface area contributed by atoms with Crippen molar-refractivity contribution < 1.29 is 9.18 Å². The molecule has 0 saturated heterocycles. The Labute approximate surface area is 111 Å². The molecule has 5 nitrogen and oxygen atoms in total. The van der Waals surface area contributed by atoms with Gasteiger partial charge >= 0.3 is 0 Å². The summed E-state index contributed by atoms with van der Waals surface area (Å²) >= 11 is 3.23. The van der Waals surface area contributed by atoms with Gasteiger partial charge in [0.2, 0.25) is 5.91 Å². The highest BCUT2D eigenvalue weighted by molar-refractivity contribution is 9.10. The van der Waals surface area contributed by atoms with Gasteiger partial charge in [-0.25, -0.2) is 4.39 Å². The van der Waals surface area contributed by atoms with Gasteiger partial charge in [0.05, 0.1) is 16.4 Å². The first kappa shape index (κ1) is 12.6. The molecule has 0 atom stereocenters. The van der Waals surface area contributed by atoms with E-state index in [0.717, 1.165) is 4.47 Å². The maximum absolute atomic E-state index is 12.9. The number of carbonyl (C=O) groups excluding carboxylic acids is 1. The van der Waals surface area contributed by atoms with Gasteiger partial charge in [-0.2, -0.15) is 5.10 Å². The van der Waals surface area contributed by atoms with Crippen molar-refractivity contribution in [3.8, 4) is 0 Å². The molecule has 0 unspecified atom stereocenters. The molecule has 0 saturated carbocycles. The van der Waals surface area contributed by atoms with Crippen molar-refractivity contribution in [2.75, 3.05) is 11.1 Å². The minimum absolute atomic E-state index is 0.00497. The van der Waals surface area contributed by atoms with Crippen LogP contribution < -0.4 is 11.1 Å². The third-order valence-corrected chi connectivity index (χ3v) is 2.60. The molecule has 1 amide bonds. The molecule has 2 rings (SSSR count). The van der Waals surface area contributed by atoms with Gasteiger partial charge in [-0.15, -0.1) is 0 Å². The summed E-state index contributed by atoms with van der Waals surface area (Å²) in [5.41, 5.74) is 5.85. The lowest BCUT2D eigenvalue weighted by Crippen LogP contribution is -2.19. The summed E-state index contributed by atoms with van der Waals surface area (Å²) in [6.45, 7) is 0.0723. The highest BCUT2D eigenvalue weighted by atomic mass is 79.9. The molecule has 0 aliphatic carbocycles. The van der Waals surface area contributed by atoms with E-state index in [-0.39, 0.29) is 18.1 Å². The fraction of sp³-hybridized carbons (Fsp3) is 0.0909. The lowest BCUT2D eigenvalue weighted by atomic mass is 10.2. The number of nitrogens with one attached hydrogen (secondary N) is 1. The zero-order chi connectivity index (χ0) is 13.1. The standard InChI is InChI=1S/C11H10BrFN4O/c12-7-4-15-17(5-7)6-11(18)16-8-1-2-9(13)10(14)3-8/h1-5H,6,14H2,(H,16,18). The average molecular weight is 313 g/mol. The second kappa shape index (κ2) is 5.18. The van der Waals surface area contributed by atoms with Crippen molar-refractivity contribution in [2.24, 2.45) is 0 Å². The average Bonchev–Trinajstić information content (AvgIpc) is 2.69. The van der Waals surface area contributed by atoms with Crippen LogP contribution in [-0.4, -0.2) is 15.7 Å². The van der Waals surface area contributed by atoms with E-state index in [0.29, 0.717) is 5.69 Å². The first-order valence-corrected chi connectivity index (χ1v) is 5.87. The van der Waals surface area contributed by atoms with Gasteiger partial charge in [-0.3, -0.25) is 9.48 Å². The summed E-state index contributed by atoms with van der Waals surface area (Å²) < 4.78 is 15.2. The number of amides is 1. The Morgan fingerprint density at radius 3 is 2.94 bits per heavy atom. The number of rotatable bonds is 3. The number of aromatic nitrogens is 2. The molecule has 7 heteroatoms. The number of hydrogen-bond acceptors (Lipinski definition) is 3. The third-order valence-electron chi connectivity index (χ3n) is 2.19. The van der Waals surface area contributed by atoms with E-state index in [4.69, 9.17) is 5.73 Å². The monoisotopic (exact) mass is 312 g/mol. The van der Waals surface area contributed by atoms with E-state index < -0.39 is 5.82 Å². The number of nitrogen functional groups attached to an aromatic ring is 1. The first-order chi connectivity index (χ1) is 8.54. The molecule has 0 aliphatic heterocycles. The predicted octanol–water partition coefficient (Wildman–Crippen LogP) is 2.01. The summed E-state index contributed by atoms with van der Waals surface area (Å²) in [5, 5.41) is 6.56. The zero-order valence-electron chi connectivity index (χ0n) is 9.23.